The van der Waals surface area contributed by atoms with Crippen LogP contribution < -0.4 is 28.1 Å². The molecular weight excluding hydrogens is 472 g/mol. The molecule has 0 aliphatic rings. The zero-order valence-corrected chi connectivity index (χ0v) is 25.1. The second-order valence-corrected chi connectivity index (χ2v) is 15.5. The van der Waals surface area contributed by atoms with Gasteiger partial charge in [-0.3, -0.25) is 0 Å². The van der Waals surface area contributed by atoms with Gasteiger partial charge in [-0.1, -0.05) is 32.9 Å². The maximum atomic E-state index is 6.58. The van der Waals surface area contributed by atoms with Gasteiger partial charge in [0.15, 0.2) is 28.7 Å². The monoisotopic (exact) mass is 516 g/mol. The maximum absolute atomic E-state index is 6.58. The number of hydrogen-bond acceptors (Lipinski definition) is 6. The fourth-order valence-electron chi connectivity index (χ4n) is 3.25. The summed E-state index contributed by atoms with van der Waals surface area (Å²) in [6.45, 7) is 19.0. The lowest BCUT2D eigenvalue weighted by Crippen LogP contribution is -2.44. The lowest BCUT2D eigenvalue weighted by Gasteiger charge is -2.37. The summed E-state index contributed by atoms with van der Waals surface area (Å²) in [5.41, 5.74) is 1.78. The van der Waals surface area contributed by atoms with Crippen LogP contribution in [-0.2, 0) is 0 Å². The maximum Gasteiger partial charge on any atom is 0.250 e. The van der Waals surface area contributed by atoms with Crippen LogP contribution in [0.3, 0.4) is 0 Å². The highest BCUT2D eigenvalue weighted by atomic mass is 28.4. The van der Waals surface area contributed by atoms with Crippen molar-refractivity contribution in [2.75, 3.05) is 21.3 Å². The standard InChI is InChI=1S/C29H44O6Si/c1-19(2)33-26-22(15-16-23(30-8)28(26)34-20(3)4)14-13-21-17-24(31-9)27(25(18-21)32-10)35-36(11,12)29(5,6)7/h13-20H,1-12H3/b14-13-. The summed E-state index contributed by atoms with van der Waals surface area (Å²) in [6, 6.07) is 7.77. The Morgan fingerprint density at radius 2 is 1.19 bits per heavy atom. The van der Waals surface area contributed by atoms with E-state index in [1.165, 1.54) is 0 Å². The van der Waals surface area contributed by atoms with Gasteiger partial charge in [-0.05, 0) is 75.7 Å². The van der Waals surface area contributed by atoms with Crippen molar-refractivity contribution in [3.05, 3.63) is 35.4 Å². The molecule has 0 bridgehead atoms. The lowest BCUT2D eigenvalue weighted by atomic mass is 10.1. The van der Waals surface area contributed by atoms with Crippen LogP contribution in [0.25, 0.3) is 12.2 Å². The van der Waals surface area contributed by atoms with Crippen LogP contribution in [0.1, 0.15) is 59.6 Å². The molecule has 2 rings (SSSR count). The van der Waals surface area contributed by atoms with Gasteiger partial charge in [-0.2, -0.15) is 0 Å². The molecule has 0 aliphatic carbocycles. The quantitative estimate of drug-likeness (QED) is 0.224. The van der Waals surface area contributed by atoms with Gasteiger partial charge < -0.3 is 28.1 Å². The molecule has 0 amide bonds. The highest BCUT2D eigenvalue weighted by Crippen LogP contribution is 2.46. The molecule has 0 N–H and O–H groups in total. The van der Waals surface area contributed by atoms with Crippen molar-refractivity contribution in [3.8, 4) is 34.5 Å². The molecule has 2 aromatic rings. The molecule has 7 heteroatoms. The molecule has 0 saturated heterocycles. The van der Waals surface area contributed by atoms with E-state index < -0.39 is 8.32 Å². The molecule has 0 aliphatic heterocycles. The highest BCUT2D eigenvalue weighted by molar-refractivity contribution is 6.74. The van der Waals surface area contributed by atoms with Gasteiger partial charge in [0.25, 0.3) is 8.32 Å². The molecule has 6 nitrogen and oxygen atoms in total. The molecule has 200 valence electrons. The van der Waals surface area contributed by atoms with E-state index in [0.29, 0.717) is 34.5 Å². The van der Waals surface area contributed by atoms with Gasteiger partial charge in [0, 0.05) is 5.56 Å². The molecule has 0 saturated carbocycles. The first-order valence-electron chi connectivity index (χ1n) is 12.4. The van der Waals surface area contributed by atoms with Crippen LogP contribution in [0, 0.1) is 0 Å². The smallest absolute Gasteiger partial charge is 0.250 e. The minimum absolute atomic E-state index is 0.0328. The number of ether oxygens (including phenoxy) is 5. The Balaban J connectivity index is 2.57. The molecule has 0 aromatic heterocycles. The van der Waals surface area contributed by atoms with Crippen molar-refractivity contribution in [1.82, 2.24) is 0 Å². The number of benzene rings is 2. The summed E-state index contributed by atoms with van der Waals surface area (Å²) >= 11 is 0. The van der Waals surface area contributed by atoms with E-state index >= 15 is 0 Å². The normalized spacial score (nSPS) is 12.3. The first kappa shape index (κ1) is 29.4. The van der Waals surface area contributed by atoms with Crippen molar-refractivity contribution >= 4 is 20.5 Å². The van der Waals surface area contributed by atoms with Crippen molar-refractivity contribution < 1.29 is 28.1 Å². The van der Waals surface area contributed by atoms with E-state index in [9.17, 15) is 0 Å². The summed E-state index contributed by atoms with van der Waals surface area (Å²) < 4.78 is 35.9. The average molecular weight is 517 g/mol. The first-order chi connectivity index (χ1) is 16.7. The third-order valence-electron chi connectivity index (χ3n) is 6.14. The Labute approximate surface area is 218 Å². The van der Waals surface area contributed by atoms with Gasteiger partial charge in [0.1, 0.15) is 0 Å². The Hall–Kier alpha value is -2.80. The van der Waals surface area contributed by atoms with Crippen molar-refractivity contribution in [2.45, 2.75) is 78.8 Å². The molecule has 2 aromatic carbocycles. The topological polar surface area (TPSA) is 55.4 Å². The second kappa shape index (κ2) is 12.0. The fourth-order valence-corrected chi connectivity index (χ4v) is 4.27. The molecule has 0 atom stereocenters. The van der Waals surface area contributed by atoms with E-state index in [-0.39, 0.29) is 17.2 Å². The van der Waals surface area contributed by atoms with Gasteiger partial charge in [0.2, 0.25) is 5.75 Å². The average Bonchev–Trinajstić information content (AvgIpc) is 2.78. The predicted molar refractivity (Wildman–Crippen MR) is 151 cm³/mol. The van der Waals surface area contributed by atoms with Crippen molar-refractivity contribution in [3.63, 3.8) is 0 Å². The third kappa shape index (κ3) is 7.12. The van der Waals surface area contributed by atoms with Crippen LogP contribution in [0.2, 0.25) is 18.1 Å². The SMILES string of the molecule is COc1cc(/C=C\c2ccc(OC)c(OC(C)C)c2OC(C)C)cc(OC)c1O[Si](C)(C)C(C)(C)C. The van der Waals surface area contributed by atoms with E-state index in [1.54, 1.807) is 21.3 Å². The van der Waals surface area contributed by atoms with Gasteiger partial charge in [0.05, 0.1) is 33.5 Å². The van der Waals surface area contributed by atoms with Gasteiger partial charge in [-0.25, -0.2) is 0 Å². The summed E-state index contributed by atoms with van der Waals surface area (Å²) in [5.74, 6) is 3.78. The minimum atomic E-state index is -2.10. The Bertz CT molecular complexity index is 1030. The Morgan fingerprint density at radius 3 is 1.64 bits per heavy atom. The summed E-state index contributed by atoms with van der Waals surface area (Å²) in [4.78, 5) is 0. The molecule has 0 heterocycles. The van der Waals surface area contributed by atoms with E-state index in [0.717, 1.165) is 11.1 Å². The lowest BCUT2D eigenvalue weighted by molar-refractivity contribution is 0.191. The number of rotatable bonds is 11. The highest BCUT2D eigenvalue weighted by Gasteiger charge is 2.40. The zero-order valence-electron chi connectivity index (χ0n) is 24.1. The minimum Gasteiger partial charge on any atom is -0.539 e. The van der Waals surface area contributed by atoms with Crippen molar-refractivity contribution in [1.29, 1.82) is 0 Å². The molecule has 0 radical (unpaired) electrons. The van der Waals surface area contributed by atoms with E-state index in [2.05, 4.69) is 33.9 Å². The van der Waals surface area contributed by atoms with Gasteiger partial charge in [-0.15, -0.1) is 0 Å². The van der Waals surface area contributed by atoms with Crippen LogP contribution in [0.4, 0.5) is 0 Å². The zero-order chi connectivity index (χ0) is 27.3. The first-order valence-corrected chi connectivity index (χ1v) is 15.3. The van der Waals surface area contributed by atoms with Crippen LogP contribution in [-0.4, -0.2) is 41.9 Å². The molecule has 0 fully saturated rings. The fraction of sp³-hybridized carbons (Fsp3) is 0.517. The molecule has 36 heavy (non-hydrogen) atoms. The van der Waals surface area contributed by atoms with Crippen LogP contribution in [0.5, 0.6) is 34.5 Å². The van der Waals surface area contributed by atoms with Crippen LogP contribution in [0.15, 0.2) is 24.3 Å². The molecular formula is C29H44O6Si. The summed E-state index contributed by atoms with van der Waals surface area (Å²) in [6.07, 6.45) is 3.92. The molecule has 0 unspecified atom stereocenters. The summed E-state index contributed by atoms with van der Waals surface area (Å²) in [7, 11) is 2.82. The number of methoxy groups -OCH3 is 3. The second-order valence-electron chi connectivity index (χ2n) is 10.8. The third-order valence-corrected chi connectivity index (χ3v) is 10.5. The molecule has 0 spiro atoms. The summed E-state index contributed by atoms with van der Waals surface area (Å²) in [5, 5.41) is 0.0402. The Kier molecular flexibility index (Phi) is 9.77. The van der Waals surface area contributed by atoms with E-state index in [4.69, 9.17) is 28.1 Å². The van der Waals surface area contributed by atoms with Gasteiger partial charge >= 0.3 is 0 Å². The van der Waals surface area contributed by atoms with Crippen LogP contribution >= 0.6 is 0 Å². The number of hydrogen-bond donors (Lipinski definition) is 0. The van der Waals surface area contributed by atoms with Crippen molar-refractivity contribution in [2.24, 2.45) is 0 Å². The largest absolute Gasteiger partial charge is 0.539 e. The Morgan fingerprint density at radius 1 is 0.694 bits per heavy atom. The predicted octanol–water partition coefficient (Wildman–Crippen LogP) is 7.84. The van der Waals surface area contributed by atoms with E-state index in [1.807, 2.05) is 64.1 Å².